The summed E-state index contributed by atoms with van der Waals surface area (Å²) in [4.78, 5) is 12.2. The second-order valence-electron chi connectivity index (χ2n) is 5.08. The molecule has 0 spiro atoms. The van der Waals surface area contributed by atoms with Crippen molar-refractivity contribution in [2.24, 2.45) is 4.99 Å². The molecule has 2 aromatic heterocycles. The van der Waals surface area contributed by atoms with E-state index < -0.39 is 0 Å². The lowest BCUT2D eigenvalue weighted by Gasteiger charge is -2.13. The van der Waals surface area contributed by atoms with E-state index in [2.05, 4.69) is 39.2 Å². The van der Waals surface area contributed by atoms with E-state index in [0.717, 1.165) is 35.5 Å². The number of nitrogens with one attached hydrogen (secondary N) is 1. The highest BCUT2D eigenvalue weighted by Crippen LogP contribution is 2.27. The molecule has 1 aliphatic rings. The van der Waals surface area contributed by atoms with Crippen molar-refractivity contribution in [3.05, 3.63) is 65.1 Å². The average molecular weight is 272 g/mol. The summed E-state index contributed by atoms with van der Waals surface area (Å²) in [6.45, 7) is 0.765. The summed E-state index contributed by atoms with van der Waals surface area (Å²) in [5.74, 6) is 0. The number of aromatic amines is 1. The minimum absolute atomic E-state index is 0.554. The van der Waals surface area contributed by atoms with Crippen molar-refractivity contribution in [2.45, 2.75) is 6.42 Å². The second kappa shape index (κ2) is 4.57. The third kappa shape index (κ3) is 1.83. The van der Waals surface area contributed by atoms with Gasteiger partial charge in [0.1, 0.15) is 6.07 Å². The summed E-state index contributed by atoms with van der Waals surface area (Å²) >= 11 is 0. The van der Waals surface area contributed by atoms with Gasteiger partial charge in [-0.05, 0) is 24.1 Å². The van der Waals surface area contributed by atoms with Gasteiger partial charge in [-0.3, -0.25) is 9.98 Å². The molecule has 0 bridgehead atoms. The van der Waals surface area contributed by atoms with Crippen LogP contribution < -0.4 is 0 Å². The van der Waals surface area contributed by atoms with Gasteiger partial charge in [-0.1, -0.05) is 18.2 Å². The molecule has 4 rings (SSSR count). The molecular formula is C17H12N4. The standard InChI is InChI=1S/C17H12N4/c18-8-11-7-12(10-19-9-11)16-17-14(5-6-20-16)13-3-1-2-4-15(13)21-17/h1-4,7,9-10,21H,5-6H2. The van der Waals surface area contributed by atoms with Crippen LogP contribution in [-0.2, 0) is 6.42 Å². The Morgan fingerprint density at radius 1 is 1.19 bits per heavy atom. The van der Waals surface area contributed by atoms with Gasteiger partial charge < -0.3 is 4.98 Å². The molecule has 3 heterocycles. The molecule has 0 radical (unpaired) electrons. The van der Waals surface area contributed by atoms with E-state index in [1.807, 2.05) is 12.1 Å². The maximum absolute atomic E-state index is 9.03. The number of H-pyrrole nitrogens is 1. The molecule has 0 unspecified atom stereocenters. The van der Waals surface area contributed by atoms with Gasteiger partial charge in [-0.2, -0.15) is 5.26 Å². The van der Waals surface area contributed by atoms with E-state index >= 15 is 0 Å². The van der Waals surface area contributed by atoms with Crippen LogP contribution in [0.3, 0.4) is 0 Å². The fraction of sp³-hybridized carbons (Fsp3) is 0.118. The number of aromatic nitrogens is 2. The number of aliphatic imine (C=N–C) groups is 1. The Morgan fingerprint density at radius 3 is 3.00 bits per heavy atom. The van der Waals surface area contributed by atoms with Crippen molar-refractivity contribution >= 4 is 16.6 Å². The van der Waals surface area contributed by atoms with Crippen LogP contribution in [-0.4, -0.2) is 22.2 Å². The normalized spacial score (nSPS) is 13.6. The topological polar surface area (TPSA) is 64.8 Å². The first-order chi connectivity index (χ1) is 10.4. The molecule has 0 fully saturated rings. The summed E-state index contributed by atoms with van der Waals surface area (Å²) in [6, 6.07) is 12.3. The Morgan fingerprint density at radius 2 is 2.10 bits per heavy atom. The van der Waals surface area contributed by atoms with Gasteiger partial charge in [0, 0.05) is 35.4 Å². The monoisotopic (exact) mass is 272 g/mol. The molecule has 1 aromatic carbocycles. The number of nitrogens with zero attached hydrogens (tertiary/aromatic N) is 3. The van der Waals surface area contributed by atoms with E-state index in [1.165, 1.54) is 10.9 Å². The predicted molar refractivity (Wildman–Crippen MR) is 81.5 cm³/mol. The van der Waals surface area contributed by atoms with Crippen molar-refractivity contribution in [3.8, 4) is 6.07 Å². The molecule has 100 valence electrons. The lowest BCUT2D eigenvalue weighted by molar-refractivity contribution is 0.947. The molecule has 21 heavy (non-hydrogen) atoms. The van der Waals surface area contributed by atoms with Crippen LogP contribution in [0.25, 0.3) is 10.9 Å². The van der Waals surface area contributed by atoms with Gasteiger partial charge >= 0.3 is 0 Å². The second-order valence-corrected chi connectivity index (χ2v) is 5.08. The van der Waals surface area contributed by atoms with Crippen molar-refractivity contribution in [1.29, 1.82) is 5.26 Å². The summed E-state index contributed by atoms with van der Waals surface area (Å²) in [6.07, 6.45) is 4.27. The average Bonchev–Trinajstić information content (AvgIpc) is 2.93. The fourth-order valence-electron chi connectivity index (χ4n) is 2.89. The molecule has 1 N–H and O–H groups in total. The number of pyridine rings is 1. The van der Waals surface area contributed by atoms with Gasteiger partial charge in [0.2, 0.25) is 0 Å². The Bertz CT molecular complexity index is 912. The first-order valence-corrected chi connectivity index (χ1v) is 6.87. The van der Waals surface area contributed by atoms with Crippen LogP contribution in [0.2, 0.25) is 0 Å². The SMILES string of the molecule is N#Cc1cncc(C2=NCCc3c2[nH]c2ccccc32)c1. The molecule has 4 heteroatoms. The molecular weight excluding hydrogens is 260 g/mol. The Balaban J connectivity index is 1.93. The zero-order valence-corrected chi connectivity index (χ0v) is 11.3. The number of hydrogen-bond donors (Lipinski definition) is 1. The number of rotatable bonds is 1. The maximum atomic E-state index is 9.03. The summed E-state index contributed by atoms with van der Waals surface area (Å²) in [7, 11) is 0. The van der Waals surface area contributed by atoms with Crippen molar-refractivity contribution in [1.82, 2.24) is 9.97 Å². The van der Waals surface area contributed by atoms with Crippen molar-refractivity contribution in [2.75, 3.05) is 6.54 Å². The molecule has 0 amide bonds. The first kappa shape index (κ1) is 11.9. The summed E-state index contributed by atoms with van der Waals surface area (Å²) < 4.78 is 0. The van der Waals surface area contributed by atoms with E-state index in [9.17, 15) is 0 Å². The highest BCUT2D eigenvalue weighted by molar-refractivity contribution is 6.15. The first-order valence-electron chi connectivity index (χ1n) is 6.87. The van der Waals surface area contributed by atoms with Crippen LogP contribution in [0.1, 0.15) is 22.4 Å². The number of para-hydroxylation sites is 1. The van der Waals surface area contributed by atoms with Crippen LogP contribution in [0, 0.1) is 11.3 Å². The lowest BCUT2D eigenvalue weighted by atomic mass is 9.98. The summed E-state index contributed by atoms with van der Waals surface area (Å²) in [5.41, 5.74) is 5.83. The molecule has 0 saturated carbocycles. The van der Waals surface area contributed by atoms with Crippen LogP contribution in [0.4, 0.5) is 0 Å². The molecule has 1 aliphatic heterocycles. The number of nitriles is 1. The third-order valence-electron chi connectivity index (χ3n) is 3.82. The third-order valence-corrected chi connectivity index (χ3v) is 3.82. The highest BCUT2D eigenvalue weighted by atomic mass is 14.8. The molecule has 0 atom stereocenters. The fourth-order valence-corrected chi connectivity index (χ4v) is 2.89. The quantitative estimate of drug-likeness (QED) is 0.740. The van der Waals surface area contributed by atoms with E-state index in [4.69, 9.17) is 5.26 Å². The zero-order valence-electron chi connectivity index (χ0n) is 11.3. The number of benzene rings is 1. The van der Waals surface area contributed by atoms with E-state index in [0.29, 0.717) is 5.56 Å². The van der Waals surface area contributed by atoms with E-state index in [-0.39, 0.29) is 0 Å². The predicted octanol–water partition coefficient (Wildman–Crippen LogP) is 2.83. The largest absolute Gasteiger partial charge is 0.353 e. The number of fused-ring (bicyclic) bond motifs is 3. The lowest BCUT2D eigenvalue weighted by Crippen LogP contribution is -2.14. The number of hydrogen-bond acceptors (Lipinski definition) is 3. The van der Waals surface area contributed by atoms with Gasteiger partial charge in [0.25, 0.3) is 0 Å². The van der Waals surface area contributed by atoms with Crippen molar-refractivity contribution < 1.29 is 0 Å². The van der Waals surface area contributed by atoms with Crippen LogP contribution in [0.5, 0.6) is 0 Å². The minimum atomic E-state index is 0.554. The van der Waals surface area contributed by atoms with Gasteiger partial charge in [0.15, 0.2) is 0 Å². The van der Waals surface area contributed by atoms with Crippen LogP contribution >= 0.6 is 0 Å². The Hall–Kier alpha value is -2.93. The van der Waals surface area contributed by atoms with Crippen molar-refractivity contribution in [3.63, 3.8) is 0 Å². The maximum Gasteiger partial charge on any atom is 0.101 e. The molecule has 0 saturated heterocycles. The van der Waals surface area contributed by atoms with Gasteiger partial charge in [0.05, 0.1) is 17.0 Å². The Labute approximate surface area is 121 Å². The smallest absolute Gasteiger partial charge is 0.101 e. The van der Waals surface area contributed by atoms with Gasteiger partial charge in [-0.15, -0.1) is 0 Å². The highest BCUT2D eigenvalue weighted by Gasteiger charge is 2.20. The van der Waals surface area contributed by atoms with Gasteiger partial charge in [-0.25, -0.2) is 0 Å². The molecule has 3 aromatic rings. The minimum Gasteiger partial charge on any atom is -0.353 e. The molecule has 4 nitrogen and oxygen atoms in total. The van der Waals surface area contributed by atoms with Crippen LogP contribution in [0.15, 0.2) is 47.7 Å². The molecule has 0 aliphatic carbocycles. The summed E-state index contributed by atoms with van der Waals surface area (Å²) in [5, 5.41) is 10.3. The zero-order chi connectivity index (χ0) is 14.2. The van der Waals surface area contributed by atoms with E-state index in [1.54, 1.807) is 12.4 Å². The Kier molecular flexibility index (Phi) is 2.58.